The zero-order valence-corrected chi connectivity index (χ0v) is 10.4. The number of aromatic nitrogens is 3. The second-order valence-corrected chi connectivity index (χ2v) is 3.81. The van der Waals surface area contributed by atoms with E-state index in [1.54, 1.807) is 19.1 Å². The molecule has 0 unspecified atom stereocenters. The Bertz CT molecular complexity index is 582. The van der Waals surface area contributed by atoms with Crippen LogP contribution in [0.15, 0.2) is 18.3 Å². The fraction of sp³-hybridized carbons (Fsp3) is 0.182. The predicted molar refractivity (Wildman–Crippen MR) is 67.2 cm³/mol. The highest BCUT2D eigenvalue weighted by Gasteiger charge is 2.16. The summed E-state index contributed by atoms with van der Waals surface area (Å²) in [5.74, 6) is -0.331. The van der Waals surface area contributed by atoms with Gasteiger partial charge in [-0.3, -0.25) is 0 Å². The summed E-state index contributed by atoms with van der Waals surface area (Å²) < 4.78 is 4.88. The molecule has 2 aromatic rings. The summed E-state index contributed by atoms with van der Waals surface area (Å²) >= 11 is 5.93. The summed E-state index contributed by atoms with van der Waals surface area (Å²) in [5.41, 5.74) is 6.89. The van der Waals surface area contributed by atoms with E-state index < -0.39 is 5.97 Å². The topological polar surface area (TPSA) is 93.9 Å². The predicted octanol–water partition coefficient (Wildman–Crippen LogP) is 1.88. The number of carbonyl (C=O) groups is 1. The summed E-state index contributed by atoms with van der Waals surface area (Å²) in [6, 6.07) is 3.23. The normalized spacial score (nSPS) is 10.3. The maximum atomic E-state index is 11.6. The molecular weight excluding hydrogens is 256 g/mol. The van der Waals surface area contributed by atoms with Gasteiger partial charge in [0.1, 0.15) is 5.15 Å². The molecule has 2 heterocycles. The van der Waals surface area contributed by atoms with Gasteiger partial charge < -0.3 is 15.5 Å². The van der Waals surface area contributed by atoms with Crippen molar-refractivity contribution < 1.29 is 9.53 Å². The minimum atomic E-state index is -0.480. The number of halogens is 1. The summed E-state index contributed by atoms with van der Waals surface area (Å²) in [5, 5.41) is 0.209. The molecule has 0 amide bonds. The minimum Gasteiger partial charge on any atom is -0.462 e. The lowest BCUT2D eigenvalue weighted by atomic mass is 10.2. The van der Waals surface area contributed by atoms with E-state index >= 15 is 0 Å². The molecule has 0 bridgehead atoms. The van der Waals surface area contributed by atoms with Crippen LogP contribution in [-0.2, 0) is 4.74 Å². The van der Waals surface area contributed by atoms with Gasteiger partial charge in [0.2, 0.25) is 5.95 Å². The second-order valence-electron chi connectivity index (χ2n) is 3.43. The standard InChI is InChI=1S/C11H11ClN4O2/c1-2-18-10(17)6-5-8(15-9(6)12)7-3-4-14-11(13)16-7/h3-5,15H,2H2,1H3,(H2,13,14,16). The zero-order chi connectivity index (χ0) is 13.1. The maximum Gasteiger partial charge on any atom is 0.341 e. The summed E-state index contributed by atoms with van der Waals surface area (Å²) in [6.45, 7) is 2.01. The van der Waals surface area contributed by atoms with Crippen LogP contribution in [0.3, 0.4) is 0 Å². The number of nitrogens with two attached hydrogens (primary N) is 1. The van der Waals surface area contributed by atoms with Crippen LogP contribution in [0.4, 0.5) is 5.95 Å². The Kier molecular flexibility index (Phi) is 3.47. The lowest BCUT2D eigenvalue weighted by Gasteiger charge is -1.98. The number of hydrogen-bond acceptors (Lipinski definition) is 5. The second kappa shape index (κ2) is 5.05. The number of anilines is 1. The van der Waals surface area contributed by atoms with E-state index in [0.717, 1.165) is 0 Å². The average Bonchev–Trinajstić information content (AvgIpc) is 2.72. The smallest absolute Gasteiger partial charge is 0.341 e. The summed E-state index contributed by atoms with van der Waals surface area (Å²) in [6.07, 6.45) is 1.52. The Hall–Kier alpha value is -2.08. The Morgan fingerprint density at radius 3 is 3.06 bits per heavy atom. The van der Waals surface area contributed by atoms with Gasteiger partial charge in [-0.15, -0.1) is 0 Å². The molecule has 0 spiro atoms. The van der Waals surface area contributed by atoms with Crippen molar-refractivity contribution in [1.29, 1.82) is 0 Å². The first kappa shape index (κ1) is 12.4. The molecule has 0 radical (unpaired) electrons. The van der Waals surface area contributed by atoms with Crippen molar-refractivity contribution >= 4 is 23.5 Å². The third-order valence-corrected chi connectivity index (χ3v) is 2.51. The lowest BCUT2D eigenvalue weighted by Crippen LogP contribution is -2.03. The number of rotatable bonds is 3. The molecule has 0 aliphatic rings. The van der Waals surface area contributed by atoms with E-state index in [0.29, 0.717) is 11.4 Å². The summed E-state index contributed by atoms with van der Waals surface area (Å²) in [4.78, 5) is 22.3. The van der Waals surface area contributed by atoms with Gasteiger partial charge in [-0.2, -0.15) is 0 Å². The number of nitrogens with one attached hydrogen (secondary N) is 1. The number of nitrogens with zero attached hydrogens (tertiary/aromatic N) is 2. The third-order valence-electron chi connectivity index (χ3n) is 2.22. The minimum absolute atomic E-state index is 0.149. The van der Waals surface area contributed by atoms with Crippen LogP contribution >= 0.6 is 11.6 Å². The van der Waals surface area contributed by atoms with Gasteiger partial charge in [-0.25, -0.2) is 14.8 Å². The molecule has 0 aliphatic heterocycles. The van der Waals surface area contributed by atoms with Gasteiger partial charge in [0.25, 0.3) is 0 Å². The fourth-order valence-electron chi connectivity index (χ4n) is 1.45. The van der Waals surface area contributed by atoms with E-state index in [9.17, 15) is 4.79 Å². The van der Waals surface area contributed by atoms with Crippen molar-refractivity contribution in [2.75, 3.05) is 12.3 Å². The SMILES string of the molecule is CCOC(=O)c1cc(-c2ccnc(N)n2)[nH]c1Cl. The first-order valence-electron chi connectivity index (χ1n) is 5.26. The largest absolute Gasteiger partial charge is 0.462 e. The zero-order valence-electron chi connectivity index (χ0n) is 9.61. The molecule has 0 aromatic carbocycles. The number of hydrogen-bond donors (Lipinski definition) is 2. The average molecular weight is 267 g/mol. The maximum absolute atomic E-state index is 11.6. The van der Waals surface area contributed by atoms with Crippen molar-refractivity contribution in [2.24, 2.45) is 0 Å². The highest BCUT2D eigenvalue weighted by atomic mass is 35.5. The van der Waals surface area contributed by atoms with Gasteiger partial charge in [-0.05, 0) is 19.1 Å². The Labute approximate surface area is 108 Å². The van der Waals surface area contributed by atoms with Crippen molar-refractivity contribution in [3.8, 4) is 11.4 Å². The third kappa shape index (κ3) is 2.43. The van der Waals surface area contributed by atoms with E-state index in [4.69, 9.17) is 22.1 Å². The molecule has 0 saturated carbocycles. The van der Waals surface area contributed by atoms with Crippen LogP contribution in [0, 0.1) is 0 Å². The first-order valence-corrected chi connectivity index (χ1v) is 5.64. The van der Waals surface area contributed by atoms with Crippen molar-refractivity contribution in [3.63, 3.8) is 0 Å². The monoisotopic (exact) mass is 266 g/mol. The van der Waals surface area contributed by atoms with E-state index in [2.05, 4.69) is 15.0 Å². The highest BCUT2D eigenvalue weighted by molar-refractivity contribution is 6.32. The molecule has 0 atom stereocenters. The van der Waals surface area contributed by atoms with Crippen LogP contribution in [0.1, 0.15) is 17.3 Å². The van der Waals surface area contributed by atoms with Crippen LogP contribution in [0.2, 0.25) is 5.15 Å². The number of esters is 1. The number of H-pyrrole nitrogens is 1. The van der Waals surface area contributed by atoms with E-state index in [1.165, 1.54) is 6.20 Å². The van der Waals surface area contributed by atoms with Crippen LogP contribution in [0.25, 0.3) is 11.4 Å². The van der Waals surface area contributed by atoms with Crippen LogP contribution in [0.5, 0.6) is 0 Å². The number of carbonyl (C=O) groups excluding carboxylic acids is 1. The highest BCUT2D eigenvalue weighted by Crippen LogP contribution is 2.24. The van der Waals surface area contributed by atoms with Gasteiger partial charge in [0, 0.05) is 6.20 Å². The summed E-state index contributed by atoms with van der Waals surface area (Å²) in [7, 11) is 0. The van der Waals surface area contributed by atoms with Gasteiger partial charge in [0.15, 0.2) is 0 Å². The molecule has 0 fully saturated rings. The molecule has 7 heteroatoms. The number of nitrogen functional groups attached to an aromatic ring is 1. The van der Waals surface area contributed by atoms with Gasteiger partial charge >= 0.3 is 5.97 Å². The lowest BCUT2D eigenvalue weighted by molar-refractivity contribution is 0.0527. The first-order chi connectivity index (χ1) is 8.61. The van der Waals surface area contributed by atoms with Crippen molar-refractivity contribution in [2.45, 2.75) is 6.92 Å². The van der Waals surface area contributed by atoms with Gasteiger partial charge in [-0.1, -0.05) is 11.6 Å². The molecule has 3 N–H and O–H groups in total. The molecule has 18 heavy (non-hydrogen) atoms. The fourth-order valence-corrected chi connectivity index (χ4v) is 1.68. The van der Waals surface area contributed by atoms with Crippen molar-refractivity contribution in [1.82, 2.24) is 15.0 Å². The van der Waals surface area contributed by atoms with E-state index in [-0.39, 0.29) is 23.3 Å². The quantitative estimate of drug-likeness (QED) is 0.827. The molecule has 6 nitrogen and oxygen atoms in total. The Balaban J connectivity index is 2.37. The Morgan fingerprint density at radius 1 is 1.61 bits per heavy atom. The molecule has 0 saturated heterocycles. The van der Waals surface area contributed by atoms with Crippen molar-refractivity contribution in [3.05, 3.63) is 29.0 Å². The van der Waals surface area contributed by atoms with Crippen LogP contribution < -0.4 is 5.73 Å². The van der Waals surface area contributed by atoms with Gasteiger partial charge in [0.05, 0.1) is 23.6 Å². The molecule has 2 rings (SSSR count). The van der Waals surface area contributed by atoms with Crippen LogP contribution in [-0.4, -0.2) is 27.5 Å². The molecular formula is C11H11ClN4O2. The Morgan fingerprint density at radius 2 is 2.39 bits per heavy atom. The number of aromatic amines is 1. The molecule has 2 aromatic heterocycles. The number of ether oxygens (including phenoxy) is 1. The molecule has 0 aliphatic carbocycles. The van der Waals surface area contributed by atoms with E-state index in [1.807, 2.05) is 0 Å². The molecule has 94 valence electrons.